The van der Waals surface area contributed by atoms with Gasteiger partial charge in [0, 0.05) is 18.8 Å². The molecular weight excluding hydrogens is 478 g/mol. The van der Waals surface area contributed by atoms with E-state index in [0.717, 1.165) is 0 Å². The number of amides is 5. The molecule has 5 amide bonds. The summed E-state index contributed by atoms with van der Waals surface area (Å²) in [5.41, 5.74) is -0.828. The molecule has 202 valence electrons. The zero-order chi connectivity index (χ0) is 27.0. The molecule has 0 unspecified atom stereocenters. The van der Waals surface area contributed by atoms with E-state index in [1.54, 1.807) is 38.1 Å². The van der Waals surface area contributed by atoms with Crippen molar-refractivity contribution >= 4 is 35.2 Å². The number of nitrogens with one attached hydrogen (secondary N) is 4. The SMILES string of the molecule is CC[C@]1(C)NC(=O)[C@H](CCCCO)NC(=O)[C@H]2CCCN2C(=O)[C@H](CC(=O)Nc2ccccc2)NC1=O. The Morgan fingerprint density at radius 1 is 1.08 bits per heavy atom. The first-order chi connectivity index (χ1) is 17.7. The maximum absolute atomic E-state index is 13.6. The van der Waals surface area contributed by atoms with E-state index < -0.39 is 53.2 Å². The summed E-state index contributed by atoms with van der Waals surface area (Å²) in [7, 11) is 0. The van der Waals surface area contributed by atoms with Gasteiger partial charge < -0.3 is 31.3 Å². The largest absolute Gasteiger partial charge is 0.396 e. The van der Waals surface area contributed by atoms with Gasteiger partial charge in [-0.05, 0) is 57.6 Å². The molecule has 0 saturated carbocycles. The zero-order valence-corrected chi connectivity index (χ0v) is 21.4. The number of benzene rings is 1. The van der Waals surface area contributed by atoms with Crippen LogP contribution in [0.4, 0.5) is 5.69 Å². The van der Waals surface area contributed by atoms with Gasteiger partial charge >= 0.3 is 0 Å². The number of anilines is 1. The number of fused-ring (bicyclic) bond motifs is 1. The number of aliphatic hydroxyl groups is 1. The molecule has 2 aliphatic heterocycles. The molecular formula is C26H37N5O6. The first-order valence-corrected chi connectivity index (χ1v) is 12.9. The Morgan fingerprint density at radius 3 is 2.49 bits per heavy atom. The lowest BCUT2D eigenvalue weighted by Gasteiger charge is -2.35. The molecule has 2 fully saturated rings. The third kappa shape index (κ3) is 7.06. The molecule has 2 aliphatic rings. The summed E-state index contributed by atoms with van der Waals surface area (Å²) in [4.78, 5) is 67.6. The molecule has 11 nitrogen and oxygen atoms in total. The number of unbranched alkanes of at least 4 members (excludes halogenated alkanes) is 1. The highest BCUT2D eigenvalue weighted by Crippen LogP contribution is 2.22. The molecule has 3 rings (SSSR count). The first-order valence-electron chi connectivity index (χ1n) is 12.9. The highest BCUT2D eigenvalue weighted by atomic mass is 16.3. The fourth-order valence-electron chi connectivity index (χ4n) is 4.60. The Hall–Kier alpha value is -3.47. The summed E-state index contributed by atoms with van der Waals surface area (Å²) in [5.74, 6) is -2.54. The molecule has 0 aromatic heterocycles. The number of aliphatic hydroxyl groups excluding tert-OH is 1. The Bertz CT molecular complexity index is 1000. The maximum atomic E-state index is 13.6. The quantitative estimate of drug-likeness (QED) is 0.316. The minimum atomic E-state index is -1.38. The molecule has 0 spiro atoms. The van der Waals surface area contributed by atoms with E-state index in [-0.39, 0.29) is 25.9 Å². The van der Waals surface area contributed by atoms with Crippen LogP contribution < -0.4 is 21.3 Å². The third-order valence-corrected chi connectivity index (χ3v) is 7.03. The van der Waals surface area contributed by atoms with E-state index >= 15 is 0 Å². The van der Waals surface area contributed by atoms with Crippen molar-refractivity contribution in [3.05, 3.63) is 30.3 Å². The van der Waals surface area contributed by atoms with Crippen molar-refractivity contribution in [2.45, 2.75) is 82.5 Å². The van der Waals surface area contributed by atoms with Crippen LogP contribution in [0, 0.1) is 0 Å². The molecule has 2 saturated heterocycles. The molecule has 1 aromatic carbocycles. The summed E-state index contributed by atoms with van der Waals surface area (Å²) in [6.45, 7) is 3.53. The van der Waals surface area contributed by atoms with Gasteiger partial charge in [0.05, 0.1) is 6.42 Å². The van der Waals surface area contributed by atoms with Crippen LogP contribution in [0.3, 0.4) is 0 Å². The molecule has 11 heteroatoms. The van der Waals surface area contributed by atoms with Crippen LogP contribution in [0.15, 0.2) is 30.3 Å². The van der Waals surface area contributed by atoms with E-state index in [2.05, 4.69) is 21.3 Å². The predicted octanol–water partition coefficient (Wildman–Crippen LogP) is 0.437. The Labute approximate surface area is 216 Å². The van der Waals surface area contributed by atoms with Crippen molar-refractivity contribution < 1.29 is 29.1 Å². The van der Waals surface area contributed by atoms with Crippen molar-refractivity contribution in [3.8, 4) is 0 Å². The standard InChI is InChI=1S/C26H37N5O6/c1-3-26(2)25(37)29-19(16-21(33)27-17-10-5-4-6-11-17)24(36)31-14-9-13-20(31)23(35)28-18(22(34)30-26)12-7-8-15-32/h4-6,10-11,18-20,32H,3,7-9,12-16H2,1-2H3,(H,27,33)(H,28,35)(H,29,37)(H,30,34)/t18-,19-,20+,26-/m0/s1. The lowest BCUT2D eigenvalue weighted by Crippen LogP contribution is -2.65. The molecule has 0 aliphatic carbocycles. The molecule has 4 atom stereocenters. The van der Waals surface area contributed by atoms with Gasteiger partial charge in [-0.25, -0.2) is 0 Å². The van der Waals surface area contributed by atoms with Gasteiger partial charge in [0.25, 0.3) is 0 Å². The van der Waals surface area contributed by atoms with Gasteiger partial charge in [0.2, 0.25) is 29.5 Å². The maximum Gasteiger partial charge on any atom is 0.246 e. The number of nitrogens with zero attached hydrogens (tertiary/aromatic N) is 1. The van der Waals surface area contributed by atoms with Gasteiger partial charge in [-0.1, -0.05) is 25.1 Å². The number of carbonyl (C=O) groups excluding carboxylic acids is 5. The van der Waals surface area contributed by atoms with Gasteiger partial charge in [-0.3, -0.25) is 24.0 Å². The Balaban J connectivity index is 1.89. The number of rotatable bonds is 8. The summed E-state index contributed by atoms with van der Waals surface area (Å²) in [5, 5.41) is 20.0. The summed E-state index contributed by atoms with van der Waals surface area (Å²) < 4.78 is 0. The average Bonchev–Trinajstić information content (AvgIpc) is 3.37. The molecule has 1 aromatic rings. The number of hydrogen-bond donors (Lipinski definition) is 5. The van der Waals surface area contributed by atoms with Crippen LogP contribution in [0.1, 0.15) is 58.8 Å². The number of carbonyl (C=O) groups is 5. The molecule has 0 bridgehead atoms. The van der Waals surface area contributed by atoms with E-state index in [1.165, 1.54) is 4.90 Å². The normalized spacial score (nSPS) is 26.8. The van der Waals surface area contributed by atoms with Crippen LogP contribution >= 0.6 is 0 Å². The van der Waals surface area contributed by atoms with Crippen LogP contribution in [-0.4, -0.2) is 76.4 Å². The van der Waals surface area contributed by atoms with Crippen molar-refractivity contribution in [1.82, 2.24) is 20.9 Å². The number of hydrogen-bond acceptors (Lipinski definition) is 6. The minimum Gasteiger partial charge on any atom is -0.396 e. The summed E-state index contributed by atoms with van der Waals surface area (Å²) in [6, 6.07) is 5.81. The van der Waals surface area contributed by atoms with E-state index in [1.807, 2.05) is 6.07 Å². The molecule has 0 radical (unpaired) electrons. The van der Waals surface area contributed by atoms with Crippen molar-refractivity contribution in [3.63, 3.8) is 0 Å². The lowest BCUT2D eigenvalue weighted by atomic mass is 9.95. The molecule has 37 heavy (non-hydrogen) atoms. The van der Waals surface area contributed by atoms with Gasteiger partial charge in [0.15, 0.2) is 0 Å². The minimum absolute atomic E-state index is 0.0402. The second-order valence-electron chi connectivity index (χ2n) is 9.79. The van der Waals surface area contributed by atoms with Gasteiger partial charge in [0.1, 0.15) is 23.7 Å². The smallest absolute Gasteiger partial charge is 0.246 e. The highest BCUT2D eigenvalue weighted by molar-refractivity contribution is 6.01. The van der Waals surface area contributed by atoms with E-state index in [4.69, 9.17) is 5.11 Å². The summed E-state index contributed by atoms with van der Waals surface area (Å²) >= 11 is 0. The Kier molecular flexibility index (Phi) is 9.62. The average molecular weight is 516 g/mol. The first kappa shape index (κ1) is 28.1. The second kappa shape index (κ2) is 12.7. The van der Waals surface area contributed by atoms with Crippen LogP contribution in [0.5, 0.6) is 0 Å². The van der Waals surface area contributed by atoms with Gasteiger partial charge in [-0.2, -0.15) is 0 Å². The fraction of sp³-hybridized carbons (Fsp3) is 0.577. The van der Waals surface area contributed by atoms with Crippen LogP contribution in [0.2, 0.25) is 0 Å². The van der Waals surface area contributed by atoms with Crippen molar-refractivity contribution in [1.29, 1.82) is 0 Å². The van der Waals surface area contributed by atoms with E-state index in [9.17, 15) is 24.0 Å². The van der Waals surface area contributed by atoms with Crippen molar-refractivity contribution in [2.24, 2.45) is 0 Å². The second-order valence-corrected chi connectivity index (χ2v) is 9.79. The summed E-state index contributed by atoms with van der Waals surface area (Å²) in [6.07, 6.45) is 2.11. The highest BCUT2D eigenvalue weighted by Gasteiger charge is 2.43. The zero-order valence-electron chi connectivity index (χ0n) is 21.4. The Morgan fingerprint density at radius 2 is 1.81 bits per heavy atom. The fourth-order valence-corrected chi connectivity index (χ4v) is 4.60. The van der Waals surface area contributed by atoms with Crippen LogP contribution in [-0.2, 0) is 24.0 Å². The lowest BCUT2D eigenvalue weighted by molar-refractivity contribution is -0.145. The van der Waals surface area contributed by atoms with Crippen LogP contribution in [0.25, 0.3) is 0 Å². The predicted molar refractivity (Wildman–Crippen MR) is 136 cm³/mol. The number of para-hydroxylation sites is 1. The van der Waals surface area contributed by atoms with E-state index in [0.29, 0.717) is 37.9 Å². The molecule has 2 heterocycles. The third-order valence-electron chi connectivity index (χ3n) is 7.03. The molecule has 5 N–H and O–H groups in total. The van der Waals surface area contributed by atoms with Crippen molar-refractivity contribution in [2.75, 3.05) is 18.5 Å². The van der Waals surface area contributed by atoms with Gasteiger partial charge in [-0.15, -0.1) is 0 Å². The monoisotopic (exact) mass is 515 g/mol. The topological polar surface area (TPSA) is 157 Å².